The van der Waals surface area contributed by atoms with E-state index in [9.17, 15) is 14.5 Å². The Morgan fingerprint density at radius 2 is 2.27 bits per heavy atom. The second-order valence-electron chi connectivity index (χ2n) is 5.02. The minimum absolute atomic E-state index is 0.207. The third-order valence-electron chi connectivity index (χ3n) is 3.38. The van der Waals surface area contributed by atoms with Gasteiger partial charge in [0.15, 0.2) is 18.4 Å². The molecule has 0 bridgehead atoms. The van der Waals surface area contributed by atoms with Crippen LogP contribution in [-0.2, 0) is 13.8 Å². The second kappa shape index (κ2) is 6.82. The Bertz CT molecular complexity index is 591. The molecule has 5 N–H and O–H groups in total. The van der Waals surface area contributed by atoms with Crippen LogP contribution in [0.2, 0.25) is 0 Å². The van der Waals surface area contributed by atoms with Crippen LogP contribution in [0.25, 0.3) is 0 Å². The molecule has 0 aliphatic carbocycles. The van der Waals surface area contributed by atoms with E-state index in [1.807, 2.05) is 0 Å². The highest BCUT2D eigenvalue weighted by Crippen LogP contribution is 2.36. The summed E-state index contributed by atoms with van der Waals surface area (Å²) in [5.41, 5.74) is 5.56. The molecule has 1 amide bonds. The first-order chi connectivity index (χ1) is 10.3. The van der Waals surface area contributed by atoms with Gasteiger partial charge in [-0.15, -0.1) is 0 Å². The number of ether oxygens (including phenoxy) is 1. The van der Waals surface area contributed by atoms with Gasteiger partial charge in [-0.1, -0.05) is 0 Å². The summed E-state index contributed by atoms with van der Waals surface area (Å²) < 4.78 is 22.1. The normalized spacial score (nSPS) is 25.9. The Hall–Kier alpha value is -1.35. The van der Waals surface area contributed by atoms with Gasteiger partial charge in [0.05, 0.1) is 12.7 Å². The molecule has 1 saturated heterocycles. The molecular weight excluding hydrogens is 315 g/mol. The molecule has 0 saturated carbocycles. The van der Waals surface area contributed by atoms with E-state index < -0.39 is 32.5 Å². The Morgan fingerprint density at radius 3 is 2.86 bits per heavy atom. The first-order valence-electron chi connectivity index (χ1n) is 6.56. The Balaban J connectivity index is 1.99. The summed E-state index contributed by atoms with van der Waals surface area (Å²) in [6.07, 6.45) is 1.82. The van der Waals surface area contributed by atoms with E-state index in [4.69, 9.17) is 20.3 Å². The number of aliphatic hydroxyl groups excluding tert-OH is 1. The number of phosphoric acid groups is 1. The maximum absolute atomic E-state index is 11.2. The summed E-state index contributed by atoms with van der Waals surface area (Å²) in [6.45, 7) is -0.191. The number of aliphatic hydroxyl groups is 1. The standard InChI is InChI=1S/C12H17N2O7P/c13-12(16)8-2-1-3-14(5-8)9-4-10(15)11(20-6-9)7-21-22(17,18)19/h1-3,5,9-11,15H,4,6-7H2,(H3-,13,16,17,18,19)/p+1/t9-,10-,11+/m0/s1. The number of hydrogen-bond donors (Lipinski definition) is 4. The smallest absolute Gasteiger partial charge is 0.390 e. The average molecular weight is 333 g/mol. The lowest BCUT2D eigenvalue weighted by Crippen LogP contribution is -2.51. The van der Waals surface area contributed by atoms with Gasteiger partial charge in [-0.25, -0.2) is 4.57 Å². The molecule has 9 nitrogen and oxygen atoms in total. The van der Waals surface area contributed by atoms with Crippen molar-refractivity contribution in [2.24, 2.45) is 5.73 Å². The van der Waals surface area contributed by atoms with Crippen molar-refractivity contribution in [1.29, 1.82) is 0 Å². The molecule has 0 aromatic carbocycles. The van der Waals surface area contributed by atoms with Gasteiger partial charge in [0.2, 0.25) is 0 Å². The van der Waals surface area contributed by atoms with Crippen molar-refractivity contribution in [3.05, 3.63) is 30.1 Å². The number of nitrogens with zero attached hydrogens (tertiary/aromatic N) is 1. The highest BCUT2D eigenvalue weighted by molar-refractivity contribution is 7.46. The lowest BCUT2D eigenvalue weighted by atomic mass is 10.0. The summed E-state index contributed by atoms with van der Waals surface area (Å²) in [7, 11) is -4.60. The van der Waals surface area contributed by atoms with Gasteiger partial charge in [-0.2, -0.15) is 4.57 Å². The van der Waals surface area contributed by atoms with E-state index in [1.165, 1.54) is 0 Å². The summed E-state index contributed by atoms with van der Waals surface area (Å²) in [5.74, 6) is -0.556. The fourth-order valence-electron chi connectivity index (χ4n) is 2.25. The summed E-state index contributed by atoms with van der Waals surface area (Å²) in [5, 5.41) is 10.0. The molecule has 2 rings (SSSR count). The fraction of sp³-hybridized carbons (Fsp3) is 0.500. The largest absolute Gasteiger partial charge is 0.469 e. The van der Waals surface area contributed by atoms with Gasteiger partial charge in [0.1, 0.15) is 18.3 Å². The second-order valence-corrected chi connectivity index (χ2v) is 6.26. The Kier molecular flexibility index (Phi) is 5.28. The number of aromatic nitrogens is 1. The van der Waals surface area contributed by atoms with Gasteiger partial charge < -0.3 is 25.4 Å². The van der Waals surface area contributed by atoms with Crippen LogP contribution >= 0.6 is 7.82 Å². The van der Waals surface area contributed by atoms with Crippen molar-refractivity contribution in [3.63, 3.8) is 0 Å². The van der Waals surface area contributed by atoms with Gasteiger partial charge in [-0.05, 0) is 6.07 Å². The van der Waals surface area contributed by atoms with Crippen LogP contribution in [0.1, 0.15) is 22.8 Å². The number of hydrogen-bond acceptors (Lipinski definition) is 5. The number of amides is 1. The number of phosphoric ester groups is 1. The minimum atomic E-state index is -4.60. The van der Waals surface area contributed by atoms with Gasteiger partial charge >= 0.3 is 7.82 Å². The molecule has 1 aliphatic heterocycles. The van der Waals surface area contributed by atoms with Gasteiger partial charge in [0.25, 0.3) is 5.91 Å². The predicted octanol–water partition coefficient (Wildman–Crippen LogP) is -1.13. The molecule has 3 atom stereocenters. The monoisotopic (exact) mass is 333 g/mol. The first kappa shape index (κ1) is 17.0. The average Bonchev–Trinajstić information content (AvgIpc) is 2.45. The molecule has 0 radical (unpaired) electrons. The molecule has 1 aromatic rings. The van der Waals surface area contributed by atoms with E-state index in [0.29, 0.717) is 12.0 Å². The van der Waals surface area contributed by atoms with Crippen molar-refractivity contribution in [2.45, 2.75) is 24.7 Å². The topological polar surface area (TPSA) is 143 Å². The number of nitrogens with two attached hydrogens (primary N) is 1. The zero-order valence-electron chi connectivity index (χ0n) is 11.6. The zero-order chi connectivity index (χ0) is 16.3. The van der Waals surface area contributed by atoms with Crippen LogP contribution in [0, 0.1) is 0 Å². The molecule has 22 heavy (non-hydrogen) atoms. The fourth-order valence-corrected chi connectivity index (χ4v) is 2.59. The van der Waals surface area contributed by atoms with E-state index in [0.717, 1.165) is 0 Å². The van der Waals surface area contributed by atoms with Crippen molar-refractivity contribution >= 4 is 13.7 Å². The van der Waals surface area contributed by atoms with Crippen molar-refractivity contribution in [3.8, 4) is 0 Å². The molecule has 1 aliphatic rings. The van der Waals surface area contributed by atoms with Crippen molar-refractivity contribution < 1.29 is 38.1 Å². The van der Waals surface area contributed by atoms with Crippen LogP contribution in [0.3, 0.4) is 0 Å². The summed E-state index contributed by atoms with van der Waals surface area (Å²) in [6, 6.07) is 3.02. The molecule has 0 spiro atoms. The van der Waals surface area contributed by atoms with Crippen molar-refractivity contribution in [1.82, 2.24) is 0 Å². The number of pyridine rings is 1. The highest BCUT2D eigenvalue weighted by atomic mass is 31.2. The lowest BCUT2D eigenvalue weighted by Gasteiger charge is -2.30. The molecule has 1 aromatic heterocycles. The lowest BCUT2D eigenvalue weighted by molar-refractivity contribution is -0.729. The first-order valence-corrected chi connectivity index (χ1v) is 8.09. The third-order valence-corrected chi connectivity index (χ3v) is 3.87. The molecule has 2 heterocycles. The van der Waals surface area contributed by atoms with Crippen LogP contribution in [0.4, 0.5) is 0 Å². The quantitative estimate of drug-likeness (QED) is 0.394. The summed E-state index contributed by atoms with van der Waals surface area (Å²) >= 11 is 0. The third kappa shape index (κ3) is 4.57. The SMILES string of the molecule is NC(=O)c1ccc[n+]([C@@H]2CO[C@H](COP(=O)(O)O)[C@@H](O)C2)c1. The number of rotatable bonds is 5. The number of carbonyl (C=O) groups is 1. The molecule has 10 heteroatoms. The van der Waals surface area contributed by atoms with Crippen LogP contribution in [0.5, 0.6) is 0 Å². The maximum atomic E-state index is 11.2. The van der Waals surface area contributed by atoms with E-state index >= 15 is 0 Å². The van der Waals surface area contributed by atoms with Crippen molar-refractivity contribution in [2.75, 3.05) is 13.2 Å². The number of primary amides is 1. The molecule has 1 fully saturated rings. The van der Waals surface area contributed by atoms with Crippen LogP contribution < -0.4 is 10.3 Å². The molecule has 122 valence electrons. The molecular formula is C12H18N2O7P+. The number of carbonyl (C=O) groups excluding carboxylic acids is 1. The van der Waals surface area contributed by atoms with Crippen LogP contribution in [-0.4, -0.2) is 46.2 Å². The van der Waals surface area contributed by atoms with Gasteiger partial charge in [0, 0.05) is 12.5 Å². The highest BCUT2D eigenvalue weighted by Gasteiger charge is 2.36. The molecule has 0 unspecified atom stereocenters. The minimum Gasteiger partial charge on any atom is -0.390 e. The maximum Gasteiger partial charge on any atom is 0.469 e. The Labute approximate surface area is 126 Å². The summed E-state index contributed by atoms with van der Waals surface area (Å²) in [4.78, 5) is 28.5. The van der Waals surface area contributed by atoms with Crippen LogP contribution in [0.15, 0.2) is 24.5 Å². The Morgan fingerprint density at radius 1 is 1.55 bits per heavy atom. The van der Waals surface area contributed by atoms with Gasteiger partial charge in [-0.3, -0.25) is 9.32 Å². The zero-order valence-corrected chi connectivity index (χ0v) is 12.5. The van der Waals surface area contributed by atoms with E-state index in [-0.39, 0.29) is 12.6 Å². The van der Waals surface area contributed by atoms with E-state index in [2.05, 4.69) is 4.52 Å². The van der Waals surface area contributed by atoms with E-state index in [1.54, 1.807) is 29.1 Å². The predicted molar refractivity (Wildman–Crippen MR) is 72.6 cm³/mol.